The molecule has 16 heavy (non-hydrogen) atoms. The van der Waals surface area contributed by atoms with E-state index in [1.165, 1.54) is 0 Å². The normalized spacial score (nSPS) is 13.1. The predicted molar refractivity (Wildman–Crippen MR) is 76.7 cm³/mol. The quantitative estimate of drug-likeness (QED) is 0.788. The molecule has 0 saturated carbocycles. The summed E-state index contributed by atoms with van der Waals surface area (Å²) in [4.78, 5) is 1.09. The summed E-state index contributed by atoms with van der Waals surface area (Å²) in [5.74, 6) is 0. The first-order valence-corrected chi connectivity index (χ1v) is 7.58. The highest BCUT2D eigenvalue weighted by molar-refractivity contribution is 9.13. The third-order valence-corrected chi connectivity index (χ3v) is 6.15. The van der Waals surface area contributed by atoms with Crippen molar-refractivity contribution in [3.8, 4) is 0 Å². The molecule has 1 unspecified atom stereocenters. The molecule has 0 aliphatic rings. The summed E-state index contributed by atoms with van der Waals surface area (Å²) in [6, 6.07) is 1.85. The first-order chi connectivity index (χ1) is 7.50. The number of halogens is 3. The molecule has 2 aromatic heterocycles. The second kappa shape index (κ2) is 4.89. The molecule has 2 rings (SSSR count). The van der Waals surface area contributed by atoms with E-state index in [9.17, 15) is 0 Å². The maximum absolute atomic E-state index is 6.22. The van der Waals surface area contributed by atoms with E-state index in [1.807, 2.05) is 13.1 Å². The Labute approximate surface area is 122 Å². The first-order valence-electron chi connectivity index (χ1n) is 4.38. The van der Waals surface area contributed by atoms with Gasteiger partial charge in [0, 0.05) is 16.4 Å². The summed E-state index contributed by atoms with van der Waals surface area (Å²) in [6.45, 7) is 0. The minimum absolute atomic E-state index is 0.172. The van der Waals surface area contributed by atoms with Crippen molar-refractivity contribution < 1.29 is 0 Å². The van der Waals surface area contributed by atoms with Crippen LogP contribution in [-0.2, 0) is 7.05 Å². The minimum Gasteiger partial charge on any atom is -0.318 e. The number of nitrogens with zero attached hydrogens (tertiary/aromatic N) is 2. The smallest absolute Gasteiger partial charge is 0.0843 e. The SMILES string of the molecule is Cn1ncc(Br)c1C(N)c1cc(Br)c(Br)s1. The molecule has 2 aromatic rings. The Bertz CT molecular complexity index is 481. The maximum atomic E-state index is 6.22. The van der Waals surface area contributed by atoms with Crippen LogP contribution in [0.25, 0.3) is 0 Å². The van der Waals surface area contributed by atoms with Crippen molar-refractivity contribution in [2.45, 2.75) is 6.04 Å². The van der Waals surface area contributed by atoms with E-state index in [1.54, 1.807) is 22.2 Å². The standard InChI is InChI=1S/C9H8Br3N3S/c1-15-8(5(11)3-14-15)7(13)6-2-4(10)9(12)16-6/h2-3,7H,13H2,1H3. The topological polar surface area (TPSA) is 43.8 Å². The first kappa shape index (κ1) is 12.8. The predicted octanol–water partition coefficient (Wildman–Crippen LogP) is 3.82. The van der Waals surface area contributed by atoms with Gasteiger partial charge >= 0.3 is 0 Å². The molecule has 0 amide bonds. The number of hydrogen-bond donors (Lipinski definition) is 1. The van der Waals surface area contributed by atoms with Gasteiger partial charge in [-0.1, -0.05) is 0 Å². The Morgan fingerprint density at radius 3 is 2.50 bits per heavy atom. The number of rotatable bonds is 2. The second-order valence-corrected chi connectivity index (χ2v) is 7.36. The van der Waals surface area contributed by atoms with E-state index < -0.39 is 0 Å². The lowest BCUT2D eigenvalue weighted by Crippen LogP contribution is -2.15. The van der Waals surface area contributed by atoms with Gasteiger partial charge in [-0.3, -0.25) is 4.68 Å². The molecule has 1 atom stereocenters. The van der Waals surface area contributed by atoms with Crippen LogP contribution < -0.4 is 5.73 Å². The van der Waals surface area contributed by atoms with Gasteiger partial charge in [0.05, 0.1) is 26.2 Å². The molecule has 3 nitrogen and oxygen atoms in total. The van der Waals surface area contributed by atoms with Crippen molar-refractivity contribution >= 4 is 59.1 Å². The average Bonchev–Trinajstić information content (AvgIpc) is 2.72. The summed E-state index contributed by atoms with van der Waals surface area (Å²) in [6.07, 6.45) is 1.76. The minimum atomic E-state index is -0.172. The lowest BCUT2D eigenvalue weighted by atomic mass is 10.2. The molecule has 2 heterocycles. The Morgan fingerprint density at radius 2 is 2.06 bits per heavy atom. The fourth-order valence-electron chi connectivity index (χ4n) is 1.42. The zero-order valence-corrected chi connectivity index (χ0v) is 13.8. The molecule has 0 saturated heterocycles. The highest BCUT2D eigenvalue weighted by Gasteiger charge is 2.19. The van der Waals surface area contributed by atoms with Crippen molar-refractivity contribution in [3.05, 3.63) is 35.6 Å². The van der Waals surface area contributed by atoms with Crippen LogP contribution in [0.15, 0.2) is 25.0 Å². The van der Waals surface area contributed by atoms with Crippen molar-refractivity contribution in [3.63, 3.8) is 0 Å². The van der Waals surface area contributed by atoms with Gasteiger partial charge in [-0.25, -0.2) is 0 Å². The van der Waals surface area contributed by atoms with Gasteiger partial charge in [-0.15, -0.1) is 11.3 Å². The lowest BCUT2D eigenvalue weighted by molar-refractivity contribution is 0.676. The van der Waals surface area contributed by atoms with Gasteiger partial charge in [-0.05, 0) is 53.9 Å². The Kier molecular flexibility index (Phi) is 3.90. The summed E-state index contributed by atoms with van der Waals surface area (Å²) in [5.41, 5.74) is 7.20. The van der Waals surface area contributed by atoms with Crippen molar-refractivity contribution in [1.82, 2.24) is 9.78 Å². The van der Waals surface area contributed by atoms with E-state index in [0.717, 1.165) is 23.3 Å². The van der Waals surface area contributed by atoms with Crippen LogP contribution in [0.1, 0.15) is 16.6 Å². The molecule has 0 bridgehead atoms. The maximum Gasteiger partial charge on any atom is 0.0843 e. The van der Waals surface area contributed by atoms with E-state index in [4.69, 9.17) is 5.73 Å². The molecular formula is C9H8Br3N3S. The molecule has 0 aliphatic heterocycles. The molecular weight excluding hydrogens is 422 g/mol. The van der Waals surface area contributed by atoms with Crippen molar-refractivity contribution in [2.75, 3.05) is 0 Å². The molecule has 7 heteroatoms. The summed E-state index contributed by atoms with van der Waals surface area (Å²) in [5, 5.41) is 4.16. The fourth-order valence-corrected chi connectivity index (χ4v) is 4.11. The number of aryl methyl sites for hydroxylation is 1. The highest BCUT2D eigenvalue weighted by atomic mass is 79.9. The van der Waals surface area contributed by atoms with Crippen LogP contribution >= 0.6 is 59.1 Å². The van der Waals surface area contributed by atoms with Gasteiger partial charge in [-0.2, -0.15) is 5.10 Å². The highest BCUT2D eigenvalue weighted by Crippen LogP contribution is 2.37. The molecule has 2 N–H and O–H groups in total. The van der Waals surface area contributed by atoms with Crippen LogP contribution in [-0.4, -0.2) is 9.78 Å². The summed E-state index contributed by atoms with van der Waals surface area (Å²) >= 11 is 12.0. The van der Waals surface area contributed by atoms with Crippen molar-refractivity contribution in [2.24, 2.45) is 12.8 Å². The van der Waals surface area contributed by atoms with Gasteiger partial charge in [0.2, 0.25) is 0 Å². The molecule has 0 aromatic carbocycles. The zero-order valence-electron chi connectivity index (χ0n) is 8.25. The fraction of sp³-hybridized carbons (Fsp3) is 0.222. The molecule has 0 fully saturated rings. The third-order valence-electron chi connectivity index (χ3n) is 2.20. The number of aromatic nitrogens is 2. The van der Waals surface area contributed by atoms with E-state index in [-0.39, 0.29) is 6.04 Å². The molecule has 86 valence electrons. The number of hydrogen-bond acceptors (Lipinski definition) is 3. The Hall–Kier alpha value is 0.310. The lowest BCUT2D eigenvalue weighted by Gasteiger charge is -2.10. The van der Waals surface area contributed by atoms with Gasteiger partial charge in [0.25, 0.3) is 0 Å². The van der Waals surface area contributed by atoms with Crippen LogP contribution in [0.5, 0.6) is 0 Å². The molecule has 0 spiro atoms. The van der Waals surface area contributed by atoms with E-state index in [2.05, 4.69) is 52.9 Å². The van der Waals surface area contributed by atoms with Crippen LogP contribution in [0.3, 0.4) is 0 Å². The molecule has 0 aliphatic carbocycles. The summed E-state index contributed by atoms with van der Waals surface area (Å²) < 4.78 is 4.80. The van der Waals surface area contributed by atoms with Crippen LogP contribution in [0.2, 0.25) is 0 Å². The van der Waals surface area contributed by atoms with Crippen LogP contribution in [0, 0.1) is 0 Å². The summed E-state index contributed by atoms with van der Waals surface area (Å²) in [7, 11) is 1.89. The number of nitrogens with two attached hydrogens (primary N) is 1. The van der Waals surface area contributed by atoms with Crippen LogP contribution in [0.4, 0.5) is 0 Å². The molecule has 0 radical (unpaired) electrons. The average molecular weight is 430 g/mol. The van der Waals surface area contributed by atoms with Gasteiger partial charge < -0.3 is 5.73 Å². The Morgan fingerprint density at radius 1 is 1.38 bits per heavy atom. The van der Waals surface area contributed by atoms with E-state index in [0.29, 0.717) is 0 Å². The third kappa shape index (κ3) is 2.28. The monoisotopic (exact) mass is 427 g/mol. The second-order valence-electron chi connectivity index (χ2n) is 3.25. The largest absolute Gasteiger partial charge is 0.318 e. The van der Waals surface area contributed by atoms with Gasteiger partial charge in [0.15, 0.2) is 0 Å². The zero-order chi connectivity index (χ0) is 11.9. The number of thiophene rings is 1. The van der Waals surface area contributed by atoms with E-state index >= 15 is 0 Å². The van der Waals surface area contributed by atoms with Gasteiger partial charge in [0.1, 0.15) is 0 Å². The Balaban J connectivity index is 2.42. The van der Waals surface area contributed by atoms with Crippen molar-refractivity contribution in [1.29, 1.82) is 0 Å².